The lowest BCUT2D eigenvalue weighted by Crippen LogP contribution is -2.30. The Bertz CT molecular complexity index is 1330. The molecule has 1 unspecified atom stereocenters. The second-order valence-electron chi connectivity index (χ2n) is 7.89. The first kappa shape index (κ1) is 20.8. The van der Waals surface area contributed by atoms with Crippen molar-refractivity contribution in [1.82, 2.24) is 14.8 Å². The molecule has 0 saturated carbocycles. The van der Waals surface area contributed by atoms with E-state index in [0.717, 1.165) is 22.2 Å². The summed E-state index contributed by atoms with van der Waals surface area (Å²) in [4.78, 5) is 17.5. The fourth-order valence-electron chi connectivity index (χ4n) is 3.93. The number of anilines is 1. The van der Waals surface area contributed by atoms with Gasteiger partial charge in [0.2, 0.25) is 5.88 Å². The molecule has 0 saturated heterocycles. The molecule has 8 heteroatoms. The molecule has 33 heavy (non-hydrogen) atoms. The Kier molecular flexibility index (Phi) is 5.34. The van der Waals surface area contributed by atoms with Crippen LogP contribution >= 0.6 is 0 Å². The number of pyridine rings is 1. The SMILES string of the molecule is Cc1nn(C)c2nc(OC(C)C(=O)Nc3ccc4c(c3)OCCO4)cc(-c3ccccc3)c12. The number of ether oxygens (including phenoxy) is 3. The highest BCUT2D eigenvalue weighted by Crippen LogP contribution is 2.34. The first-order valence-electron chi connectivity index (χ1n) is 10.8. The summed E-state index contributed by atoms with van der Waals surface area (Å²) in [6.45, 7) is 4.65. The number of aryl methyl sites for hydroxylation is 2. The van der Waals surface area contributed by atoms with Crippen LogP contribution in [0.1, 0.15) is 12.6 Å². The van der Waals surface area contributed by atoms with Gasteiger partial charge in [-0.2, -0.15) is 10.1 Å². The Morgan fingerprint density at radius 1 is 1.09 bits per heavy atom. The van der Waals surface area contributed by atoms with Crippen molar-refractivity contribution in [3.63, 3.8) is 0 Å². The highest BCUT2D eigenvalue weighted by molar-refractivity contribution is 5.96. The maximum absolute atomic E-state index is 12.8. The summed E-state index contributed by atoms with van der Waals surface area (Å²) in [5.74, 6) is 1.34. The fraction of sp³-hybridized carbons (Fsp3) is 0.240. The molecule has 1 aliphatic heterocycles. The molecule has 2 aromatic carbocycles. The van der Waals surface area contributed by atoms with Crippen molar-refractivity contribution >= 4 is 22.6 Å². The van der Waals surface area contributed by atoms with E-state index in [-0.39, 0.29) is 5.91 Å². The van der Waals surface area contributed by atoms with Crippen molar-refractivity contribution in [3.8, 4) is 28.5 Å². The van der Waals surface area contributed by atoms with E-state index >= 15 is 0 Å². The zero-order valence-corrected chi connectivity index (χ0v) is 18.7. The summed E-state index contributed by atoms with van der Waals surface area (Å²) < 4.78 is 18.8. The van der Waals surface area contributed by atoms with Crippen molar-refractivity contribution < 1.29 is 19.0 Å². The Morgan fingerprint density at radius 3 is 2.64 bits per heavy atom. The van der Waals surface area contributed by atoms with Crippen LogP contribution in [0.2, 0.25) is 0 Å². The zero-order chi connectivity index (χ0) is 22.9. The summed E-state index contributed by atoms with van der Waals surface area (Å²) in [6.07, 6.45) is -0.777. The van der Waals surface area contributed by atoms with E-state index in [2.05, 4.69) is 15.4 Å². The number of nitrogens with zero attached hydrogens (tertiary/aromatic N) is 3. The number of amides is 1. The second kappa shape index (κ2) is 8.46. The quantitative estimate of drug-likeness (QED) is 0.498. The van der Waals surface area contributed by atoms with Crippen LogP contribution in [0.15, 0.2) is 54.6 Å². The third kappa shape index (κ3) is 4.07. The topological polar surface area (TPSA) is 87.5 Å². The van der Waals surface area contributed by atoms with Gasteiger partial charge in [0.05, 0.1) is 11.1 Å². The van der Waals surface area contributed by atoms with Crippen LogP contribution in [-0.4, -0.2) is 40.0 Å². The minimum absolute atomic E-state index is 0.295. The molecule has 2 aromatic heterocycles. The lowest BCUT2D eigenvalue weighted by molar-refractivity contribution is -0.122. The minimum atomic E-state index is -0.777. The number of benzene rings is 2. The molecule has 0 spiro atoms. The van der Waals surface area contributed by atoms with Crippen LogP contribution in [0, 0.1) is 6.92 Å². The zero-order valence-electron chi connectivity index (χ0n) is 18.7. The van der Waals surface area contributed by atoms with Gasteiger partial charge in [0.25, 0.3) is 5.91 Å². The molecule has 1 aliphatic rings. The standard InChI is InChI=1S/C25H24N4O4/c1-15-23-19(17-7-5-4-6-8-17)14-22(27-24(23)29(3)28-15)33-16(2)25(30)26-18-9-10-20-21(13-18)32-12-11-31-20/h4-10,13-14,16H,11-12H2,1-3H3,(H,26,30). The van der Waals surface area contributed by atoms with E-state index in [1.165, 1.54) is 0 Å². The fourth-order valence-corrected chi connectivity index (χ4v) is 3.93. The van der Waals surface area contributed by atoms with Gasteiger partial charge in [-0.25, -0.2) is 0 Å². The Hall–Kier alpha value is -4.07. The number of rotatable bonds is 5. The molecule has 1 atom stereocenters. The van der Waals surface area contributed by atoms with E-state index in [1.807, 2.05) is 50.4 Å². The van der Waals surface area contributed by atoms with Crippen LogP contribution < -0.4 is 19.5 Å². The summed E-state index contributed by atoms with van der Waals surface area (Å²) in [5.41, 5.74) is 4.17. The van der Waals surface area contributed by atoms with Crippen LogP contribution in [0.5, 0.6) is 17.4 Å². The number of carbonyl (C=O) groups is 1. The monoisotopic (exact) mass is 444 g/mol. The average Bonchev–Trinajstić information content (AvgIpc) is 3.12. The summed E-state index contributed by atoms with van der Waals surface area (Å²) in [6, 6.07) is 17.2. The molecular weight excluding hydrogens is 420 g/mol. The van der Waals surface area contributed by atoms with E-state index in [9.17, 15) is 4.79 Å². The summed E-state index contributed by atoms with van der Waals surface area (Å²) in [5, 5.41) is 8.35. The highest BCUT2D eigenvalue weighted by atomic mass is 16.6. The summed E-state index contributed by atoms with van der Waals surface area (Å²) >= 11 is 0. The third-order valence-corrected chi connectivity index (χ3v) is 5.51. The third-order valence-electron chi connectivity index (χ3n) is 5.51. The maximum atomic E-state index is 12.8. The first-order chi connectivity index (χ1) is 16.0. The Morgan fingerprint density at radius 2 is 1.85 bits per heavy atom. The Balaban J connectivity index is 1.40. The van der Waals surface area contributed by atoms with Crippen molar-refractivity contribution in [2.24, 2.45) is 7.05 Å². The van der Waals surface area contributed by atoms with Gasteiger partial charge in [-0.3, -0.25) is 9.48 Å². The molecule has 0 fully saturated rings. The molecule has 8 nitrogen and oxygen atoms in total. The molecule has 3 heterocycles. The van der Waals surface area contributed by atoms with Gasteiger partial charge in [0.1, 0.15) is 13.2 Å². The largest absolute Gasteiger partial charge is 0.486 e. The highest BCUT2D eigenvalue weighted by Gasteiger charge is 2.20. The van der Waals surface area contributed by atoms with Crippen molar-refractivity contribution in [1.29, 1.82) is 0 Å². The molecule has 0 bridgehead atoms. The normalized spacial score (nSPS) is 13.5. The first-order valence-corrected chi connectivity index (χ1v) is 10.8. The molecule has 4 aromatic rings. The van der Waals surface area contributed by atoms with Gasteiger partial charge in [0, 0.05) is 24.9 Å². The van der Waals surface area contributed by atoms with Crippen molar-refractivity contribution in [3.05, 3.63) is 60.3 Å². The molecule has 0 aliphatic carbocycles. The minimum Gasteiger partial charge on any atom is -0.486 e. The van der Waals surface area contributed by atoms with E-state index in [1.54, 1.807) is 29.8 Å². The average molecular weight is 444 g/mol. The predicted molar refractivity (Wildman–Crippen MR) is 125 cm³/mol. The number of hydrogen-bond acceptors (Lipinski definition) is 6. The predicted octanol–water partition coefficient (Wildman–Crippen LogP) is 4.12. The van der Waals surface area contributed by atoms with Gasteiger partial charge >= 0.3 is 0 Å². The van der Waals surface area contributed by atoms with E-state index in [4.69, 9.17) is 14.2 Å². The molecule has 5 rings (SSSR count). The van der Waals surface area contributed by atoms with Gasteiger partial charge in [-0.1, -0.05) is 30.3 Å². The lowest BCUT2D eigenvalue weighted by atomic mass is 10.0. The number of aromatic nitrogens is 3. The van der Waals surface area contributed by atoms with E-state index in [0.29, 0.717) is 41.9 Å². The summed E-state index contributed by atoms with van der Waals surface area (Å²) in [7, 11) is 1.85. The lowest BCUT2D eigenvalue weighted by Gasteiger charge is -2.20. The van der Waals surface area contributed by atoms with Crippen LogP contribution in [-0.2, 0) is 11.8 Å². The number of fused-ring (bicyclic) bond motifs is 2. The second-order valence-corrected chi connectivity index (χ2v) is 7.89. The number of hydrogen-bond donors (Lipinski definition) is 1. The van der Waals surface area contributed by atoms with Gasteiger partial charge < -0.3 is 19.5 Å². The molecule has 0 radical (unpaired) electrons. The molecule has 168 valence electrons. The van der Waals surface area contributed by atoms with Crippen molar-refractivity contribution in [2.45, 2.75) is 20.0 Å². The smallest absolute Gasteiger partial charge is 0.265 e. The molecule has 1 amide bonds. The van der Waals surface area contributed by atoms with Gasteiger partial charge in [-0.15, -0.1) is 0 Å². The van der Waals surface area contributed by atoms with E-state index < -0.39 is 6.10 Å². The van der Waals surface area contributed by atoms with Gasteiger partial charge in [-0.05, 0) is 37.1 Å². The number of nitrogens with one attached hydrogen (secondary N) is 1. The van der Waals surface area contributed by atoms with Crippen LogP contribution in [0.4, 0.5) is 5.69 Å². The maximum Gasteiger partial charge on any atom is 0.265 e. The van der Waals surface area contributed by atoms with Crippen molar-refractivity contribution in [2.75, 3.05) is 18.5 Å². The van der Waals surface area contributed by atoms with Crippen LogP contribution in [0.25, 0.3) is 22.2 Å². The van der Waals surface area contributed by atoms with Gasteiger partial charge in [0.15, 0.2) is 23.3 Å². The molecular formula is C25H24N4O4. The Labute approximate surface area is 191 Å². The van der Waals surface area contributed by atoms with Crippen LogP contribution in [0.3, 0.4) is 0 Å². The molecule has 1 N–H and O–H groups in total. The number of carbonyl (C=O) groups excluding carboxylic acids is 1.